The molecule has 1 aromatic rings. The van der Waals surface area contributed by atoms with Crippen LogP contribution in [0.3, 0.4) is 0 Å². The molecule has 0 radical (unpaired) electrons. The predicted octanol–water partition coefficient (Wildman–Crippen LogP) is 5.01. The minimum absolute atomic E-state index is 0.00946. The number of amides is 2. The summed E-state index contributed by atoms with van der Waals surface area (Å²) in [6, 6.07) is 7.62. The van der Waals surface area contributed by atoms with Gasteiger partial charge in [0.1, 0.15) is 10.7 Å². The molecular weight excluding hydrogens is 428 g/mol. The zero-order valence-corrected chi connectivity index (χ0v) is 19.4. The highest BCUT2D eigenvalue weighted by Gasteiger charge is 2.51. The molecule has 1 saturated heterocycles. The van der Waals surface area contributed by atoms with Crippen molar-refractivity contribution in [1.82, 2.24) is 10.2 Å². The van der Waals surface area contributed by atoms with E-state index in [9.17, 15) is 9.59 Å². The molecular formula is C24H28N2O3S2. The summed E-state index contributed by atoms with van der Waals surface area (Å²) in [5.41, 5.74) is 0.968. The third-order valence-corrected chi connectivity index (χ3v) is 8.79. The Balaban J connectivity index is 1.18. The summed E-state index contributed by atoms with van der Waals surface area (Å²) < 4.78 is 5.18. The van der Waals surface area contributed by atoms with Crippen LogP contribution in [-0.4, -0.2) is 40.2 Å². The van der Waals surface area contributed by atoms with E-state index in [4.69, 9.17) is 17.0 Å². The van der Waals surface area contributed by atoms with E-state index in [-0.39, 0.29) is 16.7 Å². The first kappa shape index (κ1) is 21.0. The number of hydrogen-bond acceptors (Lipinski definition) is 5. The SMILES string of the molecule is COc1ccc(C=C2SC(=O)N(CCC(=O)NC34CC5CC(CC(C5)C3)C4)C2=S)cc1. The molecule has 6 rings (SSSR count). The number of thioether (sulfide) groups is 1. The van der Waals surface area contributed by atoms with E-state index in [0.717, 1.165) is 65.0 Å². The van der Waals surface area contributed by atoms with Crippen LogP contribution < -0.4 is 10.1 Å². The van der Waals surface area contributed by atoms with E-state index in [2.05, 4.69) is 5.32 Å². The van der Waals surface area contributed by atoms with Gasteiger partial charge in [-0.2, -0.15) is 0 Å². The number of rotatable bonds is 6. The van der Waals surface area contributed by atoms with E-state index in [0.29, 0.717) is 18.0 Å². The van der Waals surface area contributed by atoms with Gasteiger partial charge in [-0.3, -0.25) is 14.5 Å². The van der Waals surface area contributed by atoms with Crippen molar-refractivity contribution in [3.63, 3.8) is 0 Å². The third-order valence-electron chi connectivity index (χ3n) is 7.29. The molecule has 31 heavy (non-hydrogen) atoms. The fraction of sp³-hybridized carbons (Fsp3) is 0.542. The van der Waals surface area contributed by atoms with Crippen molar-refractivity contribution < 1.29 is 14.3 Å². The summed E-state index contributed by atoms with van der Waals surface area (Å²) in [6.45, 7) is 0.336. The second-order valence-corrected chi connectivity index (χ2v) is 11.0. The molecule has 7 heteroatoms. The van der Waals surface area contributed by atoms with Gasteiger partial charge in [-0.25, -0.2) is 0 Å². The van der Waals surface area contributed by atoms with Crippen LogP contribution in [0.2, 0.25) is 0 Å². The van der Waals surface area contributed by atoms with Crippen molar-refractivity contribution in [1.29, 1.82) is 0 Å². The van der Waals surface area contributed by atoms with Crippen molar-refractivity contribution in [3.8, 4) is 5.75 Å². The Labute approximate surface area is 193 Å². The van der Waals surface area contributed by atoms with Gasteiger partial charge in [0.2, 0.25) is 5.91 Å². The molecule has 0 aromatic heterocycles. The lowest BCUT2D eigenvalue weighted by atomic mass is 9.53. The molecule has 0 unspecified atom stereocenters. The number of nitrogens with zero attached hydrogens (tertiary/aromatic N) is 1. The molecule has 1 aromatic carbocycles. The van der Waals surface area contributed by atoms with Crippen LogP contribution in [-0.2, 0) is 4.79 Å². The largest absolute Gasteiger partial charge is 0.497 e. The monoisotopic (exact) mass is 456 g/mol. The maximum Gasteiger partial charge on any atom is 0.291 e. The highest BCUT2D eigenvalue weighted by molar-refractivity contribution is 8.19. The first-order valence-electron chi connectivity index (χ1n) is 11.1. The molecule has 1 aliphatic heterocycles. The summed E-state index contributed by atoms with van der Waals surface area (Å²) in [5, 5.41) is 3.28. The average Bonchev–Trinajstić information content (AvgIpc) is 2.98. The van der Waals surface area contributed by atoms with E-state index >= 15 is 0 Å². The Morgan fingerprint density at radius 3 is 2.39 bits per heavy atom. The van der Waals surface area contributed by atoms with Gasteiger partial charge >= 0.3 is 0 Å². The fourth-order valence-electron chi connectivity index (χ4n) is 6.38. The molecule has 2 amide bonds. The summed E-state index contributed by atoms with van der Waals surface area (Å²) in [6.07, 6.45) is 9.68. The summed E-state index contributed by atoms with van der Waals surface area (Å²) in [4.78, 5) is 28.2. The lowest BCUT2D eigenvalue weighted by molar-refractivity contribution is -0.126. The molecule has 1 N–H and O–H groups in total. The lowest BCUT2D eigenvalue weighted by Crippen LogP contribution is -2.60. The van der Waals surface area contributed by atoms with Crippen LogP contribution in [0.1, 0.15) is 50.5 Å². The lowest BCUT2D eigenvalue weighted by Gasteiger charge is -2.57. The molecule has 4 aliphatic carbocycles. The Bertz CT molecular complexity index is 905. The van der Waals surface area contributed by atoms with Crippen LogP contribution in [0, 0.1) is 17.8 Å². The van der Waals surface area contributed by atoms with Crippen LogP contribution in [0.4, 0.5) is 4.79 Å². The Morgan fingerprint density at radius 2 is 1.81 bits per heavy atom. The predicted molar refractivity (Wildman–Crippen MR) is 127 cm³/mol. The molecule has 164 valence electrons. The first-order chi connectivity index (χ1) is 14.9. The van der Waals surface area contributed by atoms with Crippen LogP contribution in [0.15, 0.2) is 29.2 Å². The number of hydrogen-bond donors (Lipinski definition) is 1. The summed E-state index contributed by atoms with van der Waals surface area (Å²) in [7, 11) is 1.63. The van der Waals surface area contributed by atoms with Crippen molar-refractivity contribution >= 4 is 46.2 Å². The zero-order valence-electron chi connectivity index (χ0n) is 17.8. The van der Waals surface area contributed by atoms with Gasteiger partial charge in [0, 0.05) is 18.5 Å². The fourth-order valence-corrected chi connectivity index (χ4v) is 7.67. The van der Waals surface area contributed by atoms with Gasteiger partial charge < -0.3 is 10.1 Å². The number of ether oxygens (including phenoxy) is 1. The first-order valence-corrected chi connectivity index (χ1v) is 12.4. The quantitative estimate of drug-likeness (QED) is 0.482. The van der Waals surface area contributed by atoms with Gasteiger partial charge in [-0.15, -0.1) is 0 Å². The topological polar surface area (TPSA) is 58.6 Å². The van der Waals surface area contributed by atoms with Gasteiger partial charge in [-0.05, 0) is 91.8 Å². The maximum atomic E-state index is 12.8. The standard InChI is InChI=1S/C24H28N2O3S2/c1-29-19-4-2-15(3-5-19)11-20-22(30)26(23(28)31-20)7-6-21(27)25-24-12-16-8-17(13-24)10-18(9-16)14-24/h2-5,11,16-18H,6-10,12-14H2,1H3,(H,25,27). The molecule has 5 nitrogen and oxygen atoms in total. The normalized spacial score (nSPS) is 32.7. The average molecular weight is 457 g/mol. The molecule has 0 spiro atoms. The van der Waals surface area contributed by atoms with Crippen molar-refractivity contribution in [2.45, 2.75) is 50.5 Å². The van der Waals surface area contributed by atoms with Gasteiger partial charge in [-0.1, -0.05) is 24.4 Å². The Hall–Kier alpha value is -1.86. The highest BCUT2D eigenvalue weighted by atomic mass is 32.2. The van der Waals surface area contributed by atoms with Gasteiger partial charge in [0.25, 0.3) is 5.24 Å². The second kappa shape index (κ2) is 8.24. The number of benzene rings is 1. The molecule has 4 saturated carbocycles. The number of carbonyl (C=O) groups excluding carboxylic acids is 2. The smallest absolute Gasteiger partial charge is 0.291 e. The van der Waals surface area contributed by atoms with E-state index in [1.54, 1.807) is 12.0 Å². The summed E-state index contributed by atoms with van der Waals surface area (Å²) in [5.74, 6) is 3.21. The van der Waals surface area contributed by atoms with Crippen LogP contribution in [0.5, 0.6) is 5.75 Å². The van der Waals surface area contributed by atoms with Crippen molar-refractivity contribution in [2.24, 2.45) is 17.8 Å². The third kappa shape index (κ3) is 4.27. The van der Waals surface area contributed by atoms with Gasteiger partial charge in [0.15, 0.2) is 0 Å². The van der Waals surface area contributed by atoms with E-state index in [1.807, 2.05) is 30.3 Å². The highest BCUT2D eigenvalue weighted by Crippen LogP contribution is 2.55. The number of thiocarbonyl (C=S) groups is 1. The Kier molecular flexibility index (Phi) is 5.59. The van der Waals surface area contributed by atoms with E-state index in [1.165, 1.54) is 19.3 Å². The second-order valence-electron chi connectivity index (χ2n) is 9.60. The number of methoxy groups -OCH3 is 1. The summed E-state index contributed by atoms with van der Waals surface area (Å²) >= 11 is 6.69. The molecule has 1 heterocycles. The molecule has 5 aliphatic rings. The van der Waals surface area contributed by atoms with Crippen LogP contribution >= 0.6 is 24.0 Å². The van der Waals surface area contributed by atoms with Crippen LogP contribution in [0.25, 0.3) is 6.08 Å². The minimum Gasteiger partial charge on any atom is -0.497 e. The van der Waals surface area contributed by atoms with Crippen molar-refractivity contribution in [2.75, 3.05) is 13.7 Å². The molecule has 5 fully saturated rings. The Morgan fingerprint density at radius 1 is 1.19 bits per heavy atom. The maximum absolute atomic E-state index is 12.8. The van der Waals surface area contributed by atoms with E-state index < -0.39 is 0 Å². The van der Waals surface area contributed by atoms with Crippen molar-refractivity contribution in [3.05, 3.63) is 34.7 Å². The number of nitrogens with one attached hydrogen (secondary N) is 1. The zero-order chi connectivity index (χ0) is 21.6. The number of carbonyl (C=O) groups is 2. The van der Waals surface area contributed by atoms with Gasteiger partial charge in [0.05, 0.1) is 12.0 Å². The molecule has 4 bridgehead atoms. The minimum atomic E-state index is -0.104. The molecule has 0 atom stereocenters.